The number of allylic oxidation sites excluding steroid dienone is 2. The largest absolute Gasteiger partial charge is 0.481 e. The SMILES string of the molecule is CC1(C)C(=O)CC[C@@]2(C)C1CC[C@]1(C)C2CC=C2[C@H]3C[C@@](C)(C(=O)O)CC[C@]3(C)CC[C@]21C. The number of fused-ring (bicyclic) bond motifs is 7. The van der Waals surface area contributed by atoms with Crippen molar-refractivity contribution in [3.8, 4) is 0 Å². The van der Waals surface area contributed by atoms with Gasteiger partial charge >= 0.3 is 5.97 Å². The van der Waals surface area contributed by atoms with Gasteiger partial charge in [-0.15, -0.1) is 0 Å². The van der Waals surface area contributed by atoms with Gasteiger partial charge in [-0.2, -0.15) is 0 Å². The number of Topliss-reactive ketones (excluding diaryl/α,β-unsaturated/α-hetero) is 1. The first-order chi connectivity index (χ1) is 15.1. The van der Waals surface area contributed by atoms with E-state index in [1.165, 1.54) is 19.3 Å². The lowest BCUT2D eigenvalue weighted by atomic mass is 9.33. The minimum atomic E-state index is -0.612. The predicted molar refractivity (Wildman–Crippen MR) is 132 cm³/mol. The van der Waals surface area contributed by atoms with Crippen molar-refractivity contribution in [2.24, 2.45) is 50.2 Å². The molecule has 184 valence electrons. The molecular weight excluding hydrogens is 408 g/mol. The van der Waals surface area contributed by atoms with Crippen LogP contribution in [0.15, 0.2) is 11.6 Å². The normalized spacial score (nSPS) is 53.1. The number of carbonyl (C=O) groups excluding carboxylic acids is 1. The third-order valence-electron chi connectivity index (χ3n) is 13.1. The topological polar surface area (TPSA) is 54.4 Å². The highest BCUT2D eigenvalue weighted by molar-refractivity contribution is 5.85. The monoisotopic (exact) mass is 454 g/mol. The van der Waals surface area contributed by atoms with E-state index in [0.717, 1.165) is 44.9 Å². The first-order valence-corrected chi connectivity index (χ1v) is 13.6. The molecule has 8 atom stereocenters. The van der Waals surface area contributed by atoms with E-state index in [2.05, 4.69) is 47.6 Å². The van der Waals surface area contributed by atoms with Crippen LogP contribution in [0.1, 0.15) is 113 Å². The molecule has 0 aromatic rings. The number of carboxylic acids is 1. The highest BCUT2D eigenvalue weighted by atomic mass is 16.4. The average Bonchev–Trinajstić information content (AvgIpc) is 2.73. The second-order valence-electron chi connectivity index (χ2n) is 14.7. The molecule has 0 bridgehead atoms. The second kappa shape index (κ2) is 6.76. The molecule has 0 saturated heterocycles. The summed E-state index contributed by atoms with van der Waals surface area (Å²) in [6, 6.07) is 0. The Balaban J connectivity index is 1.58. The second-order valence-corrected chi connectivity index (χ2v) is 14.7. The van der Waals surface area contributed by atoms with Gasteiger partial charge in [-0.25, -0.2) is 0 Å². The molecule has 0 aromatic carbocycles. The number of hydrogen-bond donors (Lipinski definition) is 1. The lowest BCUT2D eigenvalue weighted by molar-refractivity contribution is -0.185. The van der Waals surface area contributed by atoms with Crippen LogP contribution in [0.2, 0.25) is 0 Å². The van der Waals surface area contributed by atoms with Crippen LogP contribution >= 0.6 is 0 Å². The molecule has 0 radical (unpaired) electrons. The number of ketones is 1. The van der Waals surface area contributed by atoms with Gasteiger partial charge in [0.15, 0.2) is 0 Å². The van der Waals surface area contributed by atoms with Crippen LogP contribution < -0.4 is 0 Å². The van der Waals surface area contributed by atoms with Gasteiger partial charge < -0.3 is 5.11 Å². The maximum atomic E-state index is 12.9. The van der Waals surface area contributed by atoms with Crippen LogP contribution in [-0.4, -0.2) is 16.9 Å². The fraction of sp³-hybridized carbons (Fsp3) is 0.867. The standard InChI is InChI=1S/C30H46O3/c1-25(2)21-10-13-30(7)22(28(21,5)12-11-23(25)31)9-8-19-20-18-27(4,24(32)33)15-14-26(20,3)16-17-29(19,30)6/h8,20-22H,9-18H2,1-7H3,(H,32,33)/t20-,21?,22?,26-,27+,28+,29-,30-/m1/s1. The van der Waals surface area contributed by atoms with E-state index in [9.17, 15) is 14.7 Å². The summed E-state index contributed by atoms with van der Waals surface area (Å²) in [6.07, 6.45) is 12.9. The summed E-state index contributed by atoms with van der Waals surface area (Å²) in [7, 11) is 0. The van der Waals surface area contributed by atoms with Crippen molar-refractivity contribution in [3.63, 3.8) is 0 Å². The van der Waals surface area contributed by atoms with Crippen LogP contribution in [-0.2, 0) is 9.59 Å². The van der Waals surface area contributed by atoms with Crippen molar-refractivity contribution < 1.29 is 14.7 Å². The number of aliphatic carboxylic acids is 1. The Morgan fingerprint density at radius 1 is 0.909 bits per heavy atom. The molecule has 2 unspecified atom stereocenters. The highest BCUT2D eigenvalue weighted by Gasteiger charge is 2.68. The van der Waals surface area contributed by atoms with Crippen LogP contribution in [0.25, 0.3) is 0 Å². The molecule has 5 aliphatic carbocycles. The molecule has 3 nitrogen and oxygen atoms in total. The molecule has 5 rings (SSSR count). The van der Waals surface area contributed by atoms with E-state index in [1.54, 1.807) is 5.57 Å². The number of carbonyl (C=O) groups is 2. The third kappa shape index (κ3) is 2.80. The van der Waals surface area contributed by atoms with Crippen molar-refractivity contribution in [1.29, 1.82) is 0 Å². The third-order valence-corrected chi connectivity index (χ3v) is 13.1. The van der Waals surface area contributed by atoms with Crippen LogP contribution in [0, 0.1) is 50.2 Å². The predicted octanol–water partition coefficient (Wildman–Crippen LogP) is 7.44. The summed E-state index contributed by atoms with van der Waals surface area (Å²) in [6.45, 7) is 16.5. The zero-order chi connectivity index (χ0) is 24.2. The average molecular weight is 455 g/mol. The van der Waals surface area contributed by atoms with Gasteiger partial charge in [0, 0.05) is 11.8 Å². The molecule has 0 amide bonds. The molecule has 0 aromatic heterocycles. The van der Waals surface area contributed by atoms with Crippen molar-refractivity contribution in [1.82, 2.24) is 0 Å². The van der Waals surface area contributed by atoms with Crippen LogP contribution in [0.4, 0.5) is 0 Å². The van der Waals surface area contributed by atoms with E-state index in [-0.39, 0.29) is 27.1 Å². The van der Waals surface area contributed by atoms with Crippen molar-refractivity contribution in [2.75, 3.05) is 0 Å². The van der Waals surface area contributed by atoms with Gasteiger partial charge in [0.2, 0.25) is 0 Å². The summed E-state index contributed by atoms with van der Waals surface area (Å²) >= 11 is 0. The first kappa shape index (κ1) is 23.6. The molecule has 3 heteroatoms. The van der Waals surface area contributed by atoms with E-state index < -0.39 is 11.4 Å². The first-order valence-electron chi connectivity index (χ1n) is 13.6. The van der Waals surface area contributed by atoms with E-state index in [0.29, 0.717) is 23.5 Å². The van der Waals surface area contributed by atoms with Gasteiger partial charge in [0.1, 0.15) is 5.78 Å². The fourth-order valence-corrected chi connectivity index (χ4v) is 10.3. The summed E-state index contributed by atoms with van der Waals surface area (Å²) in [5.74, 6) is 1.32. The Labute approximate surface area is 201 Å². The van der Waals surface area contributed by atoms with Gasteiger partial charge in [0.25, 0.3) is 0 Å². The lowest BCUT2D eigenvalue weighted by Crippen LogP contribution is -2.64. The number of hydrogen-bond acceptors (Lipinski definition) is 2. The van der Waals surface area contributed by atoms with E-state index >= 15 is 0 Å². The smallest absolute Gasteiger partial charge is 0.309 e. The van der Waals surface area contributed by atoms with Gasteiger partial charge in [0.05, 0.1) is 5.41 Å². The lowest BCUT2D eigenvalue weighted by Gasteiger charge is -2.70. The summed E-state index contributed by atoms with van der Waals surface area (Å²) in [5.41, 5.74) is 1.60. The van der Waals surface area contributed by atoms with Crippen LogP contribution in [0.3, 0.4) is 0 Å². The Morgan fingerprint density at radius 3 is 2.24 bits per heavy atom. The molecule has 5 aliphatic rings. The molecule has 0 spiro atoms. The van der Waals surface area contributed by atoms with Crippen LogP contribution in [0.5, 0.6) is 0 Å². The number of rotatable bonds is 1. The molecule has 0 heterocycles. The molecule has 4 fully saturated rings. The summed E-state index contributed by atoms with van der Waals surface area (Å²) in [4.78, 5) is 25.1. The van der Waals surface area contributed by atoms with Crippen molar-refractivity contribution in [2.45, 2.75) is 113 Å². The Hall–Kier alpha value is -1.12. The fourth-order valence-electron chi connectivity index (χ4n) is 10.3. The zero-order valence-electron chi connectivity index (χ0n) is 22.1. The summed E-state index contributed by atoms with van der Waals surface area (Å²) in [5, 5.41) is 10.1. The summed E-state index contributed by atoms with van der Waals surface area (Å²) < 4.78 is 0. The van der Waals surface area contributed by atoms with Gasteiger partial charge in [-0.05, 0) is 104 Å². The molecule has 4 saturated carbocycles. The zero-order valence-corrected chi connectivity index (χ0v) is 22.1. The highest BCUT2D eigenvalue weighted by Crippen LogP contribution is 2.75. The van der Waals surface area contributed by atoms with Gasteiger partial charge in [-0.3, -0.25) is 9.59 Å². The maximum Gasteiger partial charge on any atom is 0.309 e. The molecule has 1 N–H and O–H groups in total. The van der Waals surface area contributed by atoms with E-state index in [4.69, 9.17) is 0 Å². The molecule has 0 aliphatic heterocycles. The van der Waals surface area contributed by atoms with Crippen molar-refractivity contribution >= 4 is 11.8 Å². The van der Waals surface area contributed by atoms with E-state index in [1.807, 2.05) is 6.92 Å². The Morgan fingerprint density at radius 2 is 1.58 bits per heavy atom. The molecular formula is C30H46O3. The molecule has 33 heavy (non-hydrogen) atoms. The quantitative estimate of drug-likeness (QED) is 0.419. The minimum absolute atomic E-state index is 0.135. The number of carboxylic acid groups (broad SMARTS) is 1. The van der Waals surface area contributed by atoms with Crippen molar-refractivity contribution in [3.05, 3.63) is 11.6 Å². The minimum Gasteiger partial charge on any atom is -0.481 e. The Bertz CT molecular complexity index is 931. The Kier molecular flexibility index (Phi) is 4.83. The maximum absolute atomic E-state index is 12.9. The van der Waals surface area contributed by atoms with Gasteiger partial charge in [-0.1, -0.05) is 53.2 Å².